The Balaban J connectivity index is 1.69. The van der Waals surface area contributed by atoms with Crippen LogP contribution in [0.15, 0.2) is 53.6 Å². The van der Waals surface area contributed by atoms with Gasteiger partial charge in [-0.25, -0.2) is 9.67 Å². The molecule has 28 heavy (non-hydrogen) atoms. The number of anilines is 1. The molecule has 0 saturated heterocycles. The maximum absolute atomic E-state index is 12.8. The van der Waals surface area contributed by atoms with Crippen LogP contribution in [0, 0.1) is 0 Å². The number of halogens is 3. The zero-order valence-electron chi connectivity index (χ0n) is 14.6. The standard InChI is InChI=1S/C18H14F3N5O2/c1-26-16(27)5-3-14(25-26)17(28)24-15-4-2-11(10-23-15)8-13-9-12(6-7-22-13)18(19,20)21/h2-7,9-10H,8H2,1H3,(H,23,24,28). The average Bonchev–Trinajstić information content (AvgIpc) is 2.65. The molecule has 0 bridgehead atoms. The van der Waals surface area contributed by atoms with Crippen LogP contribution in [0.4, 0.5) is 19.0 Å². The van der Waals surface area contributed by atoms with Crippen LogP contribution in [0.25, 0.3) is 0 Å². The first-order chi connectivity index (χ1) is 13.2. The van der Waals surface area contributed by atoms with Crippen molar-refractivity contribution in [3.05, 3.63) is 81.7 Å². The molecular formula is C18H14F3N5O2. The summed E-state index contributed by atoms with van der Waals surface area (Å²) >= 11 is 0. The van der Waals surface area contributed by atoms with Crippen LogP contribution >= 0.6 is 0 Å². The number of aryl methyl sites for hydroxylation is 1. The first kappa shape index (κ1) is 19.2. The zero-order chi connectivity index (χ0) is 20.3. The number of nitrogens with one attached hydrogen (secondary N) is 1. The minimum atomic E-state index is -4.43. The van der Waals surface area contributed by atoms with E-state index < -0.39 is 17.6 Å². The van der Waals surface area contributed by atoms with Gasteiger partial charge in [-0.1, -0.05) is 6.07 Å². The second-order valence-electron chi connectivity index (χ2n) is 5.90. The third-order valence-electron chi connectivity index (χ3n) is 3.79. The van der Waals surface area contributed by atoms with Crippen molar-refractivity contribution in [3.8, 4) is 0 Å². The summed E-state index contributed by atoms with van der Waals surface area (Å²) in [6.07, 6.45) is -1.72. The summed E-state index contributed by atoms with van der Waals surface area (Å²) in [7, 11) is 1.42. The largest absolute Gasteiger partial charge is 0.416 e. The Morgan fingerprint density at radius 3 is 2.57 bits per heavy atom. The van der Waals surface area contributed by atoms with E-state index >= 15 is 0 Å². The molecule has 7 nitrogen and oxygen atoms in total. The van der Waals surface area contributed by atoms with E-state index in [1.165, 1.54) is 31.4 Å². The summed E-state index contributed by atoms with van der Waals surface area (Å²) in [5.41, 5.74) is -0.185. The Labute approximate surface area is 156 Å². The number of alkyl halides is 3. The summed E-state index contributed by atoms with van der Waals surface area (Å²) in [6, 6.07) is 7.56. The Kier molecular flexibility index (Phi) is 5.21. The highest BCUT2D eigenvalue weighted by molar-refractivity contribution is 6.02. The number of rotatable bonds is 4. The highest BCUT2D eigenvalue weighted by Gasteiger charge is 2.30. The summed E-state index contributed by atoms with van der Waals surface area (Å²) in [4.78, 5) is 31.5. The van der Waals surface area contributed by atoms with Crippen molar-refractivity contribution in [2.45, 2.75) is 12.6 Å². The molecule has 1 amide bonds. The maximum atomic E-state index is 12.8. The number of nitrogens with zero attached hydrogens (tertiary/aromatic N) is 4. The molecule has 144 valence electrons. The van der Waals surface area contributed by atoms with Crippen LogP contribution in [-0.4, -0.2) is 25.7 Å². The topological polar surface area (TPSA) is 89.8 Å². The number of carbonyl (C=O) groups is 1. The molecule has 0 atom stereocenters. The third kappa shape index (κ3) is 4.58. The van der Waals surface area contributed by atoms with Gasteiger partial charge in [0, 0.05) is 37.6 Å². The molecule has 0 aliphatic heterocycles. The van der Waals surface area contributed by atoms with Gasteiger partial charge in [0.25, 0.3) is 11.5 Å². The second kappa shape index (κ2) is 7.59. The highest BCUT2D eigenvalue weighted by Crippen LogP contribution is 2.29. The van der Waals surface area contributed by atoms with Crippen molar-refractivity contribution in [3.63, 3.8) is 0 Å². The van der Waals surface area contributed by atoms with Crippen LogP contribution in [0.1, 0.15) is 27.3 Å². The molecule has 0 aromatic carbocycles. The lowest BCUT2D eigenvalue weighted by Crippen LogP contribution is -2.23. The van der Waals surface area contributed by atoms with E-state index in [0.717, 1.165) is 23.0 Å². The summed E-state index contributed by atoms with van der Waals surface area (Å²) in [6.45, 7) is 0. The van der Waals surface area contributed by atoms with Crippen LogP contribution in [0.2, 0.25) is 0 Å². The smallest absolute Gasteiger partial charge is 0.305 e. The first-order valence-corrected chi connectivity index (χ1v) is 8.05. The van der Waals surface area contributed by atoms with Crippen LogP contribution < -0.4 is 10.9 Å². The fourth-order valence-electron chi connectivity index (χ4n) is 2.37. The highest BCUT2D eigenvalue weighted by atomic mass is 19.4. The number of amides is 1. The molecule has 0 unspecified atom stereocenters. The van der Waals surface area contributed by atoms with E-state index in [4.69, 9.17) is 0 Å². The fraction of sp³-hybridized carbons (Fsp3) is 0.167. The van der Waals surface area contributed by atoms with Crippen LogP contribution in [-0.2, 0) is 19.6 Å². The van der Waals surface area contributed by atoms with Gasteiger partial charge in [-0.3, -0.25) is 14.6 Å². The molecule has 0 radical (unpaired) electrons. The van der Waals surface area contributed by atoms with Gasteiger partial charge < -0.3 is 5.32 Å². The molecule has 1 N–H and O–H groups in total. The van der Waals surface area contributed by atoms with Gasteiger partial charge in [0.2, 0.25) is 0 Å². The number of carbonyl (C=O) groups excluding carboxylic acids is 1. The first-order valence-electron chi connectivity index (χ1n) is 8.05. The number of hydrogen-bond acceptors (Lipinski definition) is 5. The van der Waals surface area contributed by atoms with Crippen molar-refractivity contribution >= 4 is 11.7 Å². The molecule has 3 aromatic rings. The molecule has 0 aliphatic carbocycles. The number of aromatic nitrogens is 4. The van der Waals surface area contributed by atoms with Gasteiger partial charge >= 0.3 is 6.18 Å². The van der Waals surface area contributed by atoms with Gasteiger partial charge in [-0.15, -0.1) is 0 Å². The predicted octanol–water partition coefficient (Wildman–Crippen LogP) is 2.43. The Hall–Kier alpha value is -3.56. The van der Waals surface area contributed by atoms with E-state index in [0.29, 0.717) is 5.56 Å². The fourth-order valence-corrected chi connectivity index (χ4v) is 2.37. The van der Waals surface area contributed by atoms with Gasteiger partial charge in [0.05, 0.1) is 5.56 Å². The minimum absolute atomic E-state index is 0.0427. The molecular weight excluding hydrogens is 375 g/mol. The molecule has 0 fully saturated rings. The van der Waals surface area contributed by atoms with Gasteiger partial charge in [0.1, 0.15) is 11.5 Å². The lowest BCUT2D eigenvalue weighted by Gasteiger charge is -2.08. The summed E-state index contributed by atoms with van der Waals surface area (Å²) in [5, 5.41) is 6.37. The lowest BCUT2D eigenvalue weighted by molar-refractivity contribution is -0.137. The molecule has 0 aliphatic rings. The third-order valence-corrected chi connectivity index (χ3v) is 3.79. The van der Waals surface area contributed by atoms with E-state index in [1.807, 2.05) is 0 Å². The van der Waals surface area contributed by atoms with Crippen molar-refractivity contribution in [1.82, 2.24) is 19.7 Å². The second-order valence-corrected chi connectivity index (χ2v) is 5.90. The quantitative estimate of drug-likeness (QED) is 0.740. The van der Waals surface area contributed by atoms with E-state index in [2.05, 4.69) is 20.4 Å². The monoisotopic (exact) mass is 389 g/mol. The number of hydrogen-bond donors (Lipinski definition) is 1. The average molecular weight is 389 g/mol. The van der Waals surface area contributed by atoms with Gasteiger partial charge in [-0.2, -0.15) is 18.3 Å². The number of pyridine rings is 2. The van der Waals surface area contributed by atoms with Gasteiger partial charge in [-0.05, 0) is 29.8 Å². The van der Waals surface area contributed by atoms with E-state index in [-0.39, 0.29) is 29.2 Å². The minimum Gasteiger partial charge on any atom is -0.305 e. The molecule has 10 heteroatoms. The Morgan fingerprint density at radius 1 is 1.14 bits per heavy atom. The molecule has 3 rings (SSSR count). The SMILES string of the molecule is Cn1nc(C(=O)Nc2ccc(Cc3cc(C(F)(F)F)ccn3)cn2)ccc1=O. The molecule has 3 aromatic heterocycles. The summed E-state index contributed by atoms with van der Waals surface area (Å²) in [5.74, 6) is -0.309. The van der Waals surface area contributed by atoms with Crippen molar-refractivity contribution in [1.29, 1.82) is 0 Å². The van der Waals surface area contributed by atoms with Crippen LogP contribution in [0.3, 0.4) is 0 Å². The zero-order valence-corrected chi connectivity index (χ0v) is 14.6. The normalized spacial score (nSPS) is 11.3. The molecule has 0 spiro atoms. The van der Waals surface area contributed by atoms with Crippen molar-refractivity contribution in [2.24, 2.45) is 7.05 Å². The van der Waals surface area contributed by atoms with Crippen molar-refractivity contribution < 1.29 is 18.0 Å². The predicted molar refractivity (Wildman–Crippen MR) is 93.7 cm³/mol. The van der Waals surface area contributed by atoms with E-state index in [9.17, 15) is 22.8 Å². The summed E-state index contributed by atoms with van der Waals surface area (Å²) < 4.78 is 39.3. The maximum Gasteiger partial charge on any atom is 0.416 e. The van der Waals surface area contributed by atoms with Gasteiger partial charge in [0.15, 0.2) is 0 Å². The molecule has 0 saturated carbocycles. The Bertz CT molecular complexity index is 1060. The van der Waals surface area contributed by atoms with Crippen molar-refractivity contribution in [2.75, 3.05) is 5.32 Å². The lowest BCUT2D eigenvalue weighted by atomic mass is 10.1. The Morgan fingerprint density at radius 2 is 1.93 bits per heavy atom. The van der Waals surface area contributed by atoms with Crippen LogP contribution in [0.5, 0.6) is 0 Å². The van der Waals surface area contributed by atoms with E-state index in [1.54, 1.807) is 6.07 Å². The molecule has 3 heterocycles.